The number of rotatable bonds is 5. The van der Waals surface area contributed by atoms with Crippen LogP contribution in [0.25, 0.3) is 0 Å². The quantitative estimate of drug-likeness (QED) is 0.545. The fourth-order valence-electron chi connectivity index (χ4n) is 1.56. The van der Waals surface area contributed by atoms with Crippen molar-refractivity contribution in [2.24, 2.45) is 7.05 Å². The van der Waals surface area contributed by atoms with Gasteiger partial charge in [0.15, 0.2) is 5.16 Å². The predicted octanol–water partition coefficient (Wildman–Crippen LogP) is 0.430. The number of H-pyrrole nitrogens is 1. The van der Waals surface area contributed by atoms with Gasteiger partial charge >= 0.3 is 5.69 Å². The molecule has 112 valence electrons. The minimum atomic E-state index is -0.322. The summed E-state index contributed by atoms with van der Waals surface area (Å²) in [4.78, 5) is 23.0. The molecule has 8 nitrogen and oxygen atoms in total. The van der Waals surface area contributed by atoms with Crippen molar-refractivity contribution >= 4 is 29.0 Å². The summed E-state index contributed by atoms with van der Waals surface area (Å²) in [6.45, 7) is 0. The Balaban J connectivity index is 1.96. The second-order valence-electron chi connectivity index (χ2n) is 4.16. The average Bonchev–Trinajstić information content (AvgIpc) is 2.79. The number of thioether (sulfide) groups is 1. The Morgan fingerprint density at radius 2 is 2.33 bits per heavy atom. The summed E-state index contributed by atoms with van der Waals surface area (Å²) in [5.41, 5.74) is 6.42. The normalized spacial score (nSPS) is 10.4. The lowest BCUT2D eigenvalue weighted by molar-refractivity contribution is -0.113. The van der Waals surface area contributed by atoms with E-state index in [0.717, 1.165) is 11.8 Å². The third kappa shape index (κ3) is 3.57. The minimum Gasteiger partial charge on any atom is -0.497 e. The van der Waals surface area contributed by atoms with Crippen molar-refractivity contribution in [1.29, 1.82) is 0 Å². The third-order valence-electron chi connectivity index (χ3n) is 2.70. The number of ether oxygens (including phenoxy) is 1. The number of carbonyl (C=O) groups excluding carboxylic acids is 1. The van der Waals surface area contributed by atoms with Crippen molar-refractivity contribution in [3.05, 3.63) is 28.7 Å². The van der Waals surface area contributed by atoms with Gasteiger partial charge in [0.2, 0.25) is 5.91 Å². The molecule has 0 saturated heterocycles. The molecular formula is C12H15N5O3S. The smallest absolute Gasteiger partial charge is 0.343 e. The van der Waals surface area contributed by atoms with Crippen LogP contribution in [0, 0.1) is 0 Å². The van der Waals surface area contributed by atoms with Crippen molar-refractivity contribution in [3.8, 4) is 5.75 Å². The molecule has 1 aromatic heterocycles. The Morgan fingerprint density at radius 3 is 2.90 bits per heavy atom. The molecule has 0 saturated carbocycles. The van der Waals surface area contributed by atoms with Gasteiger partial charge in [-0.25, -0.2) is 9.89 Å². The first kappa shape index (κ1) is 15.0. The van der Waals surface area contributed by atoms with Gasteiger partial charge in [0, 0.05) is 13.1 Å². The topological polar surface area (TPSA) is 115 Å². The highest BCUT2D eigenvalue weighted by Gasteiger charge is 2.10. The van der Waals surface area contributed by atoms with Gasteiger partial charge in [0.05, 0.1) is 24.2 Å². The fraction of sp³-hybridized carbons (Fsp3) is 0.250. The van der Waals surface area contributed by atoms with Crippen LogP contribution in [0.3, 0.4) is 0 Å². The maximum atomic E-state index is 11.9. The number of anilines is 2. The third-order valence-corrected chi connectivity index (χ3v) is 3.73. The standard InChI is InChI=1S/C12H15N5O3S/c1-17-11(19)15-16-12(17)21-6-10(18)14-9-4-3-7(20-2)5-8(9)13/h3-5H,6,13H2,1-2H3,(H,14,18)(H,15,19). The highest BCUT2D eigenvalue weighted by molar-refractivity contribution is 7.99. The zero-order valence-electron chi connectivity index (χ0n) is 11.5. The highest BCUT2D eigenvalue weighted by Crippen LogP contribution is 2.24. The second kappa shape index (κ2) is 6.35. The average molecular weight is 309 g/mol. The lowest BCUT2D eigenvalue weighted by Gasteiger charge is -2.09. The maximum Gasteiger partial charge on any atom is 0.343 e. The first-order valence-corrected chi connectivity index (χ1v) is 6.97. The SMILES string of the molecule is COc1ccc(NC(=O)CSc2n[nH]c(=O)n2C)c(N)c1. The zero-order valence-corrected chi connectivity index (χ0v) is 12.4. The molecule has 0 aliphatic rings. The monoisotopic (exact) mass is 309 g/mol. The summed E-state index contributed by atoms with van der Waals surface area (Å²) in [5.74, 6) is 0.488. The molecule has 21 heavy (non-hydrogen) atoms. The first-order chi connectivity index (χ1) is 10.0. The van der Waals surface area contributed by atoms with Crippen molar-refractivity contribution in [2.45, 2.75) is 5.16 Å². The van der Waals surface area contributed by atoms with Crippen LogP contribution in [0.1, 0.15) is 0 Å². The van der Waals surface area contributed by atoms with Gasteiger partial charge in [-0.15, -0.1) is 5.10 Å². The summed E-state index contributed by atoms with van der Waals surface area (Å²) in [6, 6.07) is 5.00. The van der Waals surface area contributed by atoms with E-state index in [-0.39, 0.29) is 17.3 Å². The van der Waals surface area contributed by atoms with E-state index in [0.29, 0.717) is 22.3 Å². The van der Waals surface area contributed by atoms with E-state index in [2.05, 4.69) is 15.5 Å². The minimum absolute atomic E-state index is 0.115. The van der Waals surface area contributed by atoms with E-state index in [1.165, 1.54) is 11.7 Å². The summed E-state index contributed by atoms with van der Waals surface area (Å²) in [7, 11) is 3.12. The molecule has 0 radical (unpaired) electrons. The second-order valence-corrected chi connectivity index (χ2v) is 5.10. The van der Waals surface area contributed by atoms with E-state index in [1.807, 2.05) is 0 Å². The van der Waals surface area contributed by atoms with Gasteiger partial charge in [-0.2, -0.15) is 0 Å². The van der Waals surface area contributed by atoms with E-state index in [9.17, 15) is 9.59 Å². The number of nitrogens with one attached hydrogen (secondary N) is 2. The van der Waals surface area contributed by atoms with Gasteiger partial charge in [0.25, 0.3) is 0 Å². The Labute approximate surface area is 124 Å². The molecule has 0 aliphatic carbocycles. The fourth-order valence-corrected chi connectivity index (χ4v) is 2.28. The van der Waals surface area contributed by atoms with Gasteiger partial charge in [-0.05, 0) is 12.1 Å². The molecule has 1 heterocycles. The molecule has 9 heteroatoms. The van der Waals surface area contributed by atoms with Gasteiger partial charge in [-0.1, -0.05) is 11.8 Å². The van der Waals surface area contributed by atoms with Crippen LogP contribution in [-0.2, 0) is 11.8 Å². The predicted molar refractivity (Wildman–Crippen MR) is 80.6 cm³/mol. The maximum absolute atomic E-state index is 11.9. The molecular weight excluding hydrogens is 294 g/mol. The lowest BCUT2D eigenvalue weighted by Crippen LogP contribution is -2.16. The number of hydrogen-bond acceptors (Lipinski definition) is 6. The van der Waals surface area contributed by atoms with Crippen LogP contribution in [0.15, 0.2) is 28.2 Å². The Kier molecular flexibility index (Phi) is 4.53. The number of amides is 1. The number of nitrogen functional groups attached to an aromatic ring is 1. The summed E-state index contributed by atoms with van der Waals surface area (Å²) in [6.07, 6.45) is 0. The van der Waals surface area contributed by atoms with E-state index < -0.39 is 0 Å². The first-order valence-electron chi connectivity index (χ1n) is 5.99. The number of benzene rings is 1. The molecule has 0 aliphatic heterocycles. The molecule has 2 aromatic rings. The Morgan fingerprint density at radius 1 is 1.57 bits per heavy atom. The number of nitrogens with zero attached hydrogens (tertiary/aromatic N) is 2. The molecule has 1 aromatic carbocycles. The summed E-state index contributed by atoms with van der Waals surface area (Å²) < 4.78 is 6.37. The molecule has 0 bridgehead atoms. The molecule has 0 fully saturated rings. The number of hydrogen-bond donors (Lipinski definition) is 3. The van der Waals surface area contributed by atoms with Crippen LogP contribution in [-0.4, -0.2) is 33.5 Å². The number of carbonyl (C=O) groups is 1. The number of methoxy groups -OCH3 is 1. The van der Waals surface area contributed by atoms with Gasteiger partial charge in [-0.3, -0.25) is 9.36 Å². The van der Waals surface area contributed by atoms with E-state index in [1.54, 1.807) is 25.2 Å². The number of nitrogens with two attached hydrogens (primary N) is 1. The lowest BCUT2D eigenvalue weighted by atomic mass is 10.2. The largest absolute Gasteiger partial charge is 0.497 e. The zero-order chi connectivity index (χ0) is 15.4. The van der Waals surface area contributed by atoms with Crippen molar-refractivity contribution in [1.82, 2.24) is 14.8 Å². The van der Waals surface area contributed by atoms with Crippen LogP contribution in [0.4, 0.5) is 11.4 Å². The number of aromatic nitrogens is 3. The summed E-state index contributed by atoms with van der Waals surface area (Å²) in [5, 5.41) is 9.24. The van der Waals surface area contributed by atoms with Gasteiger partial charge < -0.3 is 15.8 Å². The van der Waals surface area contributed by atoms with Gasteiger partial charge in [0.1, 0.15) is 5.75 Å². The summed E-state index contributed by atoms with van der Waals surface area (Å²) >= 11 is 1.15. The van der Waals surface area contributed by atoms with Crippen molar-refractivity contribution < 1.29 is 9.53 Å². The van der Waals surface area contributed by atoms with E-state index >= 15 is 0 Å². The van der Waals surface area contributed by atoms with Crippen LogP contribution in [0.2, 0.25) is 0 Å². The Hall–Kier alpha value is -2.42. The Bertz CT molecular complexity index is 709. The van der Waals surface area contributed by atoms with Crippen LogP contribution in [0.5, 0.6) is 5.75 Å². The highest BCUT2D eigenvalue weighted by atomic mass is 32.2. The number of aromatic amines is 1. The van der Waals surface area contributed by atoms with Crippen molar-refractivity contribution in [2.75, 3.05) is 23.9 Å². The molecule has 0 unspecified atom stereocenters. The van der Waals surface area contributed by atoms with E-state index in [4.69, 9.17) is 10.5 Å². The molecule has 2 rings (SSSR count). The van der Waals surface area contributed by atoms with Crippen LogP contribution >= 0.6 is 11.8 Å². The molecule has 1 amide bonds. The van der Waals surface area contributed by atoms with Crippen LogP contribution < -0.4 is 21.5 Å². The molecule has 0 spiro atoms. The molecule has 0 atom stereocenters. The van der Waals surface area contributed by atoms with Crippen molar-refractivity contribution in [3.63, 3.8) is 0 Å². The molecule has 4 N–H and O–H groups in total.